The van der Waals surface area contributed by atoms with Gasteiger partial charge in [0, 0.05) is 29.3 Å². The van der Waals surface area contributed by atoms with Gasteiger partial charge in [-0.05, 0) is 43.4 Å². The molecule has 1 aromatic heterocycles. The third-order valence-electron chi connectivity index (χ3n) is 5.26. The van der Waals surface area contributed by atoms with Crippen LogP contribution in [0.3, 0.4) is 0 Å². The highest BCUT2D eigenvalue weighted by Gasteiger charge is 2.31. The van der Waals surface area contributed by atoms with Crippen LogP contribution in [0.25, 0.3) is 0 Å². The Bertz CT molecular complexity index is 763. The fraction of sp³-hybridized carbons (Fsp3) is 0.500. The van der Waals surface area contributed by atoms with Gasteiger partial charge < -0.3 is 9.67 Å². The molecule has 0 radical (unpaired) electrons. The van der Waals surface area contributed by atoms with Gasteiger partial charge in [-0.15, -0.1) is 0 Å². The van der Waals surface area contributed by atoms with E-state index in [0.717, 1.165) is 25.8 Å². The number of carbonyl (C=O) groups is 1. The number of carboxylic acid groups (broad SMARTS) is 1. The van der Waals surface area contributed by atoms with Gasteiger partial charge in [-0.1, -0.05) is 50.6 Å². The maximum absolute atomic E-state index is 11.4. The van der Waals surface area contributed by atoms with Crippen molar-refractivity contribution in [1.29, 1.82) is 0 Å². The summed E-state index contributed by atoms with van der Waals surface area (Å²) in [6.45, 7) is 9.64. The van der Waals surface area contributed by atoms with Crippen molar-refractivity contribution in [2.24, 2.45) is 0 Å². The third kappa shape index (κ3) is 3.81. The molecular weight excluding hydrogens is 310 g/mol. The number of aromatic nitrogens is 1. The Morgan fingerprint density at radius 2 is 1.92 bits per heavy atom. The monoisotopic (exact) mass is 339 g/mol. The zero-order valence-electron chi connectivity index (χ0n) is 15.8. The number of rotatable bonds is 4. The van der Waals surface area contributed by atoms with Crippen LogP contribution in [0.15, 0.2) is 30.3 Å². The molecule has 0 bridgehead atoms. The van der Waals surface area contributed by atoms with Gasteiger partial charge in [0.1, 0.15) is 0 Å². The zero-order valence-corrected chi connectivity index (χ0v) is 15.8. The molecule has 3 heteroatoms. The number of carboxylic acids is 1. The number of benzene rings is 1. The van der Waals surface area contributed by atoms with Gasteiger partial charge in [0.05, 0.1) is 6.42 Å². The minimum Gasteiger partial charge on any atom is -0.481 e. The van der Waals surface area contributed by atoms with Crippen molar-refractivity contribution in [3.63, 3.8) is 0 Å². The summed E-state index contributed by atoms with van der Waals surface area (Å²) in [5, 5.41) is 9.36. The summed E-state index contributed by atoms with van der Waals surface area (Å²) in [5.74, 6) is -0.568. The van der Waals surface area contributed by atoms with Crippen molar-refractivity contribution in [1.82, 2.24) is 4.57 Å². The molecule has 1 aliphatic rings. The van der Waals surface area contributed by atoms with Crippen LogP contribution in [0, 0.1) is 6.92 Å². The molecule has 0 fully saturated rings. The lowest BCUT2D eigenvalue weighted by molar-refractivity contribution is -0.137. The molecule has 0 aliphatic heterocycles. The first-order valence-corrected chi connectivity index (χ1v) is 9.26. The number of hydrogen-bond donors (Lipinski definition) is 1. The maximum Gasteiger partial charge on any atom is 0.304 e. The molecule has 0 spiro atoms. The van der Waals surface area contributed by atoms with E-state index >= 15 is 0 Å². The predicted octanol–water partition coefficient (Wildman–Crippen LogP) is 5.04. The normalized spacial score (nSPS) is 17.4. The van der Waals surface area contributed by atoms with E-state index in [0.29, 0.717) is 0 Å². The summed E-state index contributed by atoms with van der Waals surface area (Å²) < 4.78 is 2.41. The highest BCUT2D eigenvalue weighted by atomic mass is 16.4. The summed E-state index contributed by atoms with van der Waals surface area (Å²) in [5.41, 5.74) is 6.51. The summed E-state index contributed by atoms with van der Waals surface area (Å²) in [7, 11) is 0. The van der Waals surface area contributed by atoms with Crippen LogP contribution >= 0.6 is 0 Å². The lowest BCUT2D eigenvalue weighted by atomic mass is 9.85. The molecule has 2 aromatic rings. The Morgan fingerprint density at radius 1 is 1.24 bits per heavy atom. The van der Waals surface area contributed by atoms with Crippen LogP contribution in [0.2, 0.25) is 0 Å². The lowest BCUT2D eigenvalue weighted by Crippen LogP contribution is -2.22. The van der Waals surface area contributed by atoms with E-state index < -0.39 is 5.97 Å². The van der Waals surface area contributed by atoms with E-state index in [9.17, 15) is 9.90 Å². The Labute approximate surface area is 150 Å². The standard InChI is InChI=1S/C22H29NO2/c1-15-8-10-16(11-9-15)14-23-19(22(2,3)4)12-17-6-5-7-18(21(17)23)13-20(24)25/h8-12,18H,5-7,13-14H2,1-4H3,(H,24,25). The lowest BCUT2D eigenvalue weighted by Gasteiger charge is -2.27. The van der Waals surface area contributed by atoms with Gasteiger partial charge in [-0.25, -0.2) is 0 Å². The molecule has 1 unspecified atom stereocenters. The first-order valence-electron chi connectivity index (χ1n) is 9.26. The van der Waals surface area contributed by atoms with Crippen molar-refractivity contribution in [3.05, 3.63) is 58.4 Å². The Hall–Kier alpha value is -2.03. The van der Waals surface area contributed by atoms with Gasteiger partial charge >= 0.3 is 5.97 Å². The minimum atomic E-state index is -0.696. The van der Waals surface area contributed by atoms with Crippen molar-refractivity contribution in [2.45, 2.75) is 71.3 Å². The second kappa shape index (κ2) is 6.70. The van der Waals surface area contributed by atoms with E-state index in [1.165, 1.54) is 28.1 Å². The molecule has 0 saturated carbocycles. The Morgan fingerprint density at radius 3 is 2.52 bits per heavy atom. The maximum atomic E-state index is 11.4. The first kappa shape index (κ1) is 17.8. The average molecular weight is 339 g/mol. The second-order valence-electron chi connectivity index (χ2n) is 8.45. The second-order valence-corrected chi connectivity index (χ2v) is 8.45. The van der Waals surface area contributed by atoms with Gasteiger partial charge in [-0.2, -0.15) is 0 Å². The minimum absolute atomic E-state index is 0.0375. The molecule has 134 valence electrons. The average Bonchev–Trinajstić information content (AvgIpc) is 2.89. The molecule has 1 aliphatic carbocycles. The smallest absolute Gasteiger partial charge is 0.304 e. The largest absolute Gasteiger partial charge is 0.481 e. The Balaban J connectivity index is 2.08. The van der Waals surface area contributed by atoms with Crippen LogP contribution in [0.5, 0.6) is 0 Å². The summed E-state index contributed by atoms with van der Waals surface area (Å²) in [6.07, 6.45) is 3.35. The Kier molecular flexibility index (Phi) is 4.77. The number of fused-ring (bicyclic) bond motifs is 1. The number of nitrogens with zero attached hydrogens (tertiary/aromatic N) is 1. The van der Waals surface area contributed by atoms with Crippen LogP contribution < -0.4 is 0 Å². The van der Waals surface area contributed by atoms with E-state index in [1.54, 1.807) is 0 Å². The first-order chi connectivity index (χ1) is 11.8. The zero-order chi connectivity index (χ0) is 18.2. The number of aryl methyl sites for hydroxylation is 2. The SMILES string of the molecule is Cc1ccc(Cn2c(C(C)(C)C)cc3c2C(CC(=O)O)CCC3)cc1. The van der Waals surface area contributed by atoms with Crippen LogP contribution in [-0.4, -0.2) is 15.6 Å². The summed E-state index contributed by atoms with van der Waals surface area (Å²) >= 11 is 0. The quantitative estimate of drug-likeness (QED) is 0.848. The highest BCUT2D eigenvalue weighted by Crippen LogP contribution is 2.39. The summed E-state index contributed by atoms with van der Waals surface area (Å²) in [6, 6.07) is 11.0. The van der Waals surface area contributed by atoms with E-state index in [-0.39, 0.29) is 17.8 Å². The van der Waals surface area contributed by atoms with Gasteiger partial charge in [0.15, 0.2) is 0 Å². The van der Waals surface area contributed by atoms with Crippen LogP contribution in [0.1, 0.15) is 74.0 Å². The van der Waals surface area contributed by atoms with Crippen molar-refractivity contribution < 1.29 is 9.90 Å². The summed E-state index contributed by atoms with van der Waals surface area (Å²) in [4.78, 5) is 11.4. The molecule has 1 N–H and O–H groups in total. The van der Waals surface area contributed by atoms with Gasteiger partial charge in [-0.3, -0.25) is 4.79 Å². The molecule has 1 atom stereocenters. The van der Waals surface area contributed by atoms with Gasteiger partial charge in [0.25, 0.3) is 0 Å². The third-order valence-corrected chi connectivity index (χ3v) is 5.26. The van der Waals surface area contributed by atoms with Crippen LogP contribution in [-0.2, 0) is 23.2 Å². The van der Waals surface area contributed by atoms with Crippen molar-refractivity contribution in [3.8, 4) is 0 Å². The number of aliphatic carboxylic acids is 1. The number of hydrogen-bond acceptors (Lipinski definition) is 1. The van der Waals surface area contributed by atoms with E-state index in [4.69, 9.17) is 0 Å². The van der Waals surface area contributed by atoms with Crippen molar-refractivity contribution >= 4 is 5.97 Å². The molecule has 0 saturated heterocycles. The van der Waals surface area contributed by atoms with E-state index in [2.05, 4.69) is 62.6 Å². The molecular formula is C22H29NO2. The fourth-order valence-electron chi connectivity index (χ4n) is 4.06. The van der Waals surface area contributed by atoms with Crippen molar-refractivity contribution in [2.75, 3.05) is 0 Å². The molecule has 0 amide bonds. The topological polar surface area (TPSA) is 42.2 Å². The molecule has 1 heterocycles. The highest BCUT2D eigenvalue weighted by molar-refractivity contribution is 5.68. The molecule has 3 nitrogen and oxygen atoms in total. The van der Waals surface area contributed by atoms with Crippen LogP contribution in [0.4, 0.5) is 0 Å². The molecule has 25 heavy (non-hydrogen) atoms. The fourth-order valence-corrected chi connectivity index (χ4v) is 4.06. The predicted molar refractivity (Wildman–Crippen MR) is 101 cm³/mol. The van der Waals surface area contributed by atoms with Gasteiger partial charge in [0.2, 0.25) is 0 Å². The van der Waals surface area contributed by atoms with E-state index in [1.807, 2.05) is 0 Å². The molecule has 1 aromatic carbocycles. The molecule has 3 rings (SSSR count).